The molecule has 0 unspecified atom stereocenters. The summed E-state index contributed by atoms with van der Waals surface area (Å²) in [6, 6.07) is 16.5. The van der Waals surface area contributed by atoms with Crippen molar-refractivity contribution in [1.82, 2.24) is 10.2 Å². The number of methoxy groups -OCH3 is 1. The van der Waals surface area contributed by atoms with E-state index in [9.17, 15) is 15.0 Å². The molecule has 1 fully saturated rings. The normalized spacial score (nSPS) is 18.0. The highest BCUT2D eigenvalue weighted by molar-refractivity contribution is 5.66. The summed E-state index contributed by atoms with van der Waals surface area (Å²) in [4.78, 5) is 13.5. The van der Waals surface area contributed by atoms with Gasteiger partial charge in [0.15, 0.2) is 0 Å². The van der Waals surface area contributed by atoms with Gasteiger partial charge >= 0.3 is 6.09 Å². The van der Waals surface area contributed by atoms with Crippen molar-refractivity contribution in [2.24, 2.45) is 0 Å². The molecule has 1 aliphatic rings. The molecule has 0 spiro atoms. The first-order valence-corrected chi connectivity index (χ1v) is 10.2. The first kappa shape index (κ1) is 22.1. The molecule has 2 aromatic rings. The highest BCUT2D eigenvalue weighted by atomic mass is 16.5. The molecule has 7 heteroatoms. The van der Waals surface area contributed by atoms with Crippen LogP contribution in [-0.2, 0) is 17.7 Å². The summed E-state index contributed by atoms with van der Waals surface area (Å²) in [6.45, 7) is 1.72. The number of benzene rings is 2. The van der Waals surface area contributed by atoms with Crippen LogP contribution in [-0.4, -0.2) is 66.3 Å². The molecule has 3 atom stereocenters. The lowest BCUT2D eigenvalue weighted by Crippen LogP contribution is -2.55. The van der Waals surface area contributed by atoms with Crippen molar-refractivity contribution >= 4 is 6.09 Å². The molecule has 0 radical (unpaired) electrons. The van der Waals surface area contributed by atoms with Gasteiger partial charge in [0.05, 0.1) is 31.9 Å². The molecule has 1 aliphatic heterocycles. The number of amides is 1. The van der Waals surface area contributed by atoms with Crippen LogP contribution in [0.25, 0.3) is 0 Å². The minimum atomic E-state index is -1.03. The van der Waals surface area contributed by atoms with Gasteiger partial charge in [0, 0.05) is 19.7 Å². The first-order chi connectivity index (χ1) is 14.6. The van der Waals surface area contributed by atoms with Crippen LogP contribution in [0.5, 0.6) is 5.75 Å². The van der Waals surface area contributed by atoms with E-state index >= 15 is 0 Å². The lowest BCUT2D eigenvalue weighted by atomic mass is 9.97. The topological polar surface area (TPSA) is 91.3 Å². The summed E-state index contributed by atoms with van der Waals surface area (Å²) < 4.78 is 10.7. The quantitative estimate of drug-likeness (QED) is 0.553. The Morgan fingerprint density at radius 3 is 2.67 bits per heavy atom. The SMILES string of the molecule is COc1cccc(CNC[C@@H](O)[C@H](Cc2ccccc2)N(C(=O)O)[C@H]2CCOC2)c1. The number of carboxylic acid groups (broad SMARTS) is 1. The van der Waals surface area contributed by atoms with E-state index in [0.29, 0.717) is 32.6 Å². The number of nitrogens with zero attached hydrogens (tertiary/aromatic N) is 1. The number of hydrogen-bond acceptors (Lipinski definition) is 5. The molecule has 162 valence electrons. The number of aliphatic hydroxyl groups excluding tert-OH is 1. The van der Waals surface area contributed by atoms with Crippen molar-refractivity contribution in [2.75, 3.05) is 26.9 Å². The predicted molar refractivity (Wildman–Crippen MR) is 114 cm³/mol. The summed E-state index contributed by atoms with van der Waals surface area (Å²) >= 11 is 0. The highest BCUT2D eigenvalue weighted by Crippen LogP contribution is 2.21. The number of hydrogen-bond donors (Lipinski definition) is 3. The van der Waals surface area contributed by atoms with Crippen molar-refractivity contribution in [3.63, 3.8) is 0 Å². The fourth-order valence-corrected chi connectivity index (χ4v) is 3.87. The summed E-state index contributed by atoms with van der Waals surface area (Å²) in [7, 11) is 1.62. The molecule has 7 nitrogen and oxygen atoms in total. The Kier molecular flexibility index (Phi) is 8.07. The second kappa shape index (κ2) is 11.0. The standard InChI is InChI=1S/C23H30N2O5/c1-29-20-9-5-8-18(12-20)14-24-15-22(26)21(13-17-6-3-2-4-7-17)25(23(27)28)19-10-11-30-16-19/h2-9,12,19,21-22,24,26H,10-11,13-16H2,1H3,(H,27,28)/t19-,21-,22+/m0/s1. The predicted octanol–water partition coefficient (Wildman–Crippen LogP) is 2.53. The summed E-state index contributed by atoms with van der Waals surface area (Å²) in [5.74, 6) is 0.773. The van der Waals surface area contributed by atoms with Crippen LogP contribution in [0.2, 0.25) is 0 Å². The second-order valence-electron chi connectivity index (χ2n) is 7.51. The van der Waals surface area contributed by atoms with Crippen molar-refractivity contribution < 1.29 is 24.5 Å². The fourth-order valence-electron chi connectivity index (χ4n) is 3.87. The zero-order valence-corrected chi connectivity index (χ0v) is 17.2. The Morgan fingerprint density at radius 2 is 2.00 bits per heavy atom. The zero-order chi connectivity index (χ0) is 21.3. The molecule has 0 aromatic heterocycles. The summed E-state index contributed by atoms with van der Waals surface area (Å²) in [5, 5.41) is 24.2. The van der Waals surface area contributed by atoms with E-state index in [1.165, 1.54) is 4.90 Å². The Bertz CT molecular complexity index is 795. The highest BCUT2D eigenvalue weighted by Gasteiger charge is 2.36. The van der Waals surface area contributed by atoms with E-state index in [2.05, 4.69) is 5.32 Å². The Hall–Kier alpha value is -2.61. The number of ether oxygens (including phenoxy) is 2. The van der Waals surface area contributed by atoms with E-state index in [4.69, 9.17) is 9.47 Å². The maximum atomic E-state index is 12.1. The Balaban J connectivity index is 1.70. The molecule has 0 aliphatic carbocycles. The van der Waals surface area contributed by atoms with Crippen LogP contribution in [0.1, 0.15) is 17.5 Å². The van der Waals surface area contributed by atoms with E-state index in [1.807, 2.05) is 54.6 Å². The molecule has 3 N–H and O–H groups in total. The average Bonchev–Trinajstić information content (AvgIpc) is 3.28. The number of rotatable bonds is 10. The van der Waals surface area contributed by atoms with Gasteiger partial charge in [-0.3, -0.25) is 4.90 Å². The minimum Gasteiger partial charge on any atom is -0.497 e. The molecular weight excluding hydrogens is 384 g/mol. The molecule has 3 rings (SSSR count). The number of nitrogens with one attached hydrogen (secondary N) is 1. The van der Waals surface area contributed by atoms with Crippen LogP contribution in [0.15, 0.2) is 54.6 Å². The monoisotopic (exact) mass is 414 g/mol. The van der Waals surface area contributed by atoms with Gasteiger partial charge in [-0.2, -0.15) is 0 Å². The van der Waals surface area contributed by atoms with Crippen molar-refractivity contribution in [1.29, 1.82) is 0 Å². The third kappa shape index (κ3) is 5.95. The zero-order valence-electron chi connectivity index (χ0n) is 17.2. The first-order valence-electron chi connectivity index (χ1n) is 10.2. The van der Waals surface area contributed by atoms with Crippen molar-refractivity contribution in [3.05, 3.63) is 65.7 Å². The van der Waals surface area contributed by atoms with Gasteiger partial charge < -0.3 is 25.0 Å². The van der Waals surface area contributed by atoms with Crippen LogP contribution in [0, 0.1) is 0 Å². The molecule has 2 aromatic carbocycles. The molecule has 1 saturated heterocycles. The maximum absolute atomic E-state index is 12.1. The number of aliphatic hydroxyl groups is 1. The third-order valence-electron chi connectivity index (χ3n) is 5.43. The van der Waals surface area contributed by atoms with Crippen LogP contribution < -0.4 is 10.1 Å². The largest absolute Gasteiger partial charge is 0.497 e. The van der Waals surface area contributed by atoms with Crippen LogP contribution >= 0.6 is 0 Å². The summed E-state index contributed by atoms with van der Waals surface area (Å²) in [6.07, 6.45) is -0.821. The summed E-state index contributed by atoms with van der Waals surface area (Å²) in [5.41, 5.74) is 2.01. The Labute approximate surface area is 177 Å². The van der Waals surface area contributed by atoms with Gasteiger partial charge in [-0.15, -0.1) is 0 Å². The molecule has 0 saturated carbocycles. The van der Waals surface area contributed by atoms with Gasteiger partial charge in [0.25, 0.3) is 0 Å². The van der Waals surface area contributed by atoms with E-state index in [-0.39, 0.29) is 12.6 Å². The van der Waals surface area contributed by atoms with Crippen molar-refractivity contribution in [3.8, 4) is 5.75 Å². The van der Waals surface area contributed by atoms with Crippen molar-refractivity contribution in [2.45, 2.75) is 37.6 Å². The molecule has 1 heterocycles. The number of carbonyl (C=O) groups is 1. The smallest absolute Gasteiger partial charge is 0.407 e. The van der Waals surface area contributed by atoms with Gasteiger partial charge in [-0.1, -0.05) is 42.5 Å². The van der Waals surface area contributed by atoms with E-state index in [1.54, 1.807) is 7.11 Å². The average molecular weight is 415 g/mol. The van der Waals surface area contributed by atoms with Gasteiger partial charge in [0.1, 0.15) is 5.75 Å². The second-order valence-corrected chi connectivity index (χ2v) is 7.51. The third-order valence-corrected chi connectivity index (χ3v) is 5.43. The minimum absolute atomic E-state index is 0.246. The molecule has 30 heavy (non-hydrogen) atoms. The molecule has 0 bridgehead atoms. The maximum Gasteiger partial charge on any atom is 0.407 e. The van der Waals surface area contributed by atoms with E-state index in [0.717, 1.165) is 16.9 Å². The lowest BCUT2D eigenvalue weighted by molar-refractivity contribution is 0.0245. The van der Waals surface area contributed by atoms with Gasteiger partial charge in [0.2, 0.25) is 0 Å². The lowest BCUT2D eigenvalue weighted by Gasteiger charge is -2.36. The molecule has 1 amide bonds. The van der Waals surface area contributed by atoms with E-state index < -0.39 is 18.2 Å². The van der Waals surface area contributed by atoms with Crippen LogP contribution in [0.4, 0.5) is 4.79 Å². The Morgan fingerprint density at radius 1 is 1.23 bits per heavy atom. The van der Waals surface area contributed by atoms with Gasteiger partial charge in [-0.25, -0.2) is 4.79 Å². The molecular formula is C23H30N2O5. The fraction of sp³-hybridized carbons (Fsp3) is 0.435. The van der Waals surface area contributed by atoms with Gasteiger partial charge in [-0.05, 0) is 36.1 Å². The van der Waals surface area contributed by atoms with Crippen LogP contribution in [0.3, 0.4) is 0 Å².